The highest BCUT2D eigenvalue weighted by Gasteiger charge is 2.20. The van der Waals surface area contributed by atoms with Gasteiger partial charge in [-0.05, 0) is 19.1 Å². The van der Waals surface area contributed by atoms with Gasteiger partial charge in [-0.3, -0.25) is 4.79 Å². The minimum atomic E-state index is -1.05. The Labute approximate surface area is 118 Å². The molecule has 0 aliphatic carbocycles. The van der Waals surface area contributed by atoms with Crippen LogP contribution in [0.4, 0.5) is 8.78 Å². The van der Waals surface area contributed by atoms with Crippen LogP contribution in [-0.2, 0) is 9.53 Å². The van der Waals surface area contributed by atoms with E-state index in [4.69, 9.17) is 5.73 Å². The molecule has 0 bridgehead atoms. The van der Waals surface area contributed by atoms with Gasteiger partial charge in [-0.1, -0.05) is 15.9 Å². The Morgan fingerprint density at radius 3 is 2.39 bits per heavy atom. The van der Waals surface area contributed by atoms with Crippen LogP contribution in [0.3, 0.4) is 0 Å². The van der Waals surface area contributed by atoms with Crippen molar-refractivity contribution in [1.29, 1.82) is 0 Å². The zero-order valence-corrected chi connectivity index (χ0v) is 12.0. The van der Waals surface area contributed by atoms with E-state index in [0.29, 0.717) is 0 Å². The molecule has 1 atom stereocenters. The number of ether oxygens (including phenoxy) is 1. The maximum absolute atomic E-state index is 13.5. The van der Waals surface area contributed by atoms with Crippen LogP contribution in [0.2, 0.25) is 0 Å². The van der Waals surface area contributed by atoms with Gasteiger partial charge < -0.3 is 10.5 Å². The van der Waals surface area contributed by atoms with Crippen molar-refractivity contribution in [3.8, 4) is 0 Å². The van der Waals surface area contributed by atoms with Gasteiger partial charge in [-0.15, -0.1) is 12.4 Å². The van der Waals surface area contributed by atoms with E-state index in [1.54, 1.807) is 6.92 Å². The van der Waals surface area contributed by atoms with Gasteiger partial charge in [-0.2, -0.15) is 0 Å². The number of benzene rings is 1. The smallest absolute Gasteiger partial charge is 0.307 e. The molecule has 0 unspecified atom stereocenters. The zero-order valence-electron chi connectivity index (χ0n) is 9.58. The first-order valence-electron chi connectivity index (χ1n) is 5.01. The van der Waals surface area contributed by atoms with Crippen LogP contribution >= 0.6 is 28.3 Å². The van der Waals surface area contributed by atoms with E-state index < -0.39 is 23.6 Å². The number of hydrogen-bond donors (Lipinski definition) is 1. The molecule has 0 radical (unpaired) electrons. The van der Waals surface area contributed by atoms with E-state index in [-0.39, 0.29) is 35.5 Å². The SMILES string of the molecule is CCOC(=O)C[C@H](N)c1c(F)cc(Br)cc1F.Cl. The Morgan fingerprint density at radius 2 is 1.94 bits per heavy atom. The van der Waals surface area contributed by atoms with Crippen molar-refractivity contribution in [2.24, 2.45) is 5.73 Å². The lowest BCUT2D eigenvalue weighted by Gasteiger charge is -2.13. The molecule has 0 aromatic heterocycles. The molecule has 2 N–H and O–H groups in total. The largest absolute Gasteiger partial charge is 0.466 e. The second kappa shape index (κ2) is 7.66. The third-order valence-corrected chi connectivity index (χ3v) is 2.56. The monoisotopic (exact) mass is 343 g/mol. The molecule has 0 aliphatic rings. The van der Waals surface area contributed by atoms with E-state index in [1.807, 2.05) is 0 Å². The van der Waals surface area contributed by atoms with Crippen LogP contribution in [0.25, 0.3) is 0 Å². The summed E-state index contributed by atoms with van der Waals surface area (Å²) in [5, 5.41) is 0. The minimum absolute atomic E-state index is 0. The molecule has 1 aromatic rings. The fourth-order valence-corrected chi connectivity index (χ4v) is 1.81. The van der Waals surface area contributed by atoms with Crippen LogP contribution < -0.4 is 5.73 Å². The maximum Gasteiger partial charge on any atom is 0.307 e. The highest BCUT2D eigenvalue weighted by molar-refractivity contribution is 9.10. The first-order valence-corrected chi connectivity index (χ1v) is 5.80. The molecule has 0 heterocycles. The molecule has 0 amide bonds. The summed E-state index contributed by atoms with van der Waals surface area (Å²) in [5.41, 5.74) is 5.28. The fourth-order valence-electron chi connectivity index (χ4n) is 1.41. The Bertz CT molecular complexity index is 408. The van der Waals surface area contributed by atoms with Gasteiger partial charge in [0, 0.05) is 16.1 Å². The maximum atomic E-state index is 13.5. The molecular formula is C11H13BrClF2NO2. The Balaban J connectivity index is 0.00000289. The molecule has 102 valence electrons. The summed E-state index contributed by atoms with van der Waals surface area (Å²) >= 11 is 2.96. The molecule has 0 saturated carbocycles. The number of nitrogens with two attached hydrogens (primary N) is 1. The highest BCUT2D eigenvalue weighted by Crippen LogP contribution is 2.25. The third-order valence-electron chi connectivity index (χ3n) is 2.11. The van der Waals surface area contributed by atoms with Crippen LogP contribution in [0.5, 0.6) is 0 Å². The van der Waals surface area contributed by atoms with Crippen LogP contribution in [0, 0.1) is 11.6 Å². The number of hydrogen-bond acceptors (Lipinski definition) is 3. The molecule has 18 heavy (non-hydrogen) atoms. The van der Waals surface area contributed by atoms with Gasteiger partial charge in [0.2, 0.25) is 0 Å². The predicted molar refractivity (Wildman–Crippen MR) is 69.5 cm³/mol. The lowest BCUT2D eigenvalue weighted by atomic mass is 10.0. The fraction of sp³-hybridized carbons (Fsp3) is 0.364. The van der Waals surface area contributed by atoms with Crippen molar-refractivity contribution < 1.29 is 18.3 Å². The van der Waals surface area contributed by atoms with Crippen molar-refractivity contribution in [2.75, 3.05) is 6.61 Å². The van der Waals surface area contributed by atoms with Gasteiger partial charge >= 0.3 is 5.97 Å². The first kappa shape index (κ1) is 17.3. The van der Waals surface area contributed by atoms with Crippen LogP contribution in [-0.4, -0.2) is 12.6 Å². The van der Waals surface area contributed by atoms with Crippen molar-refractivity contribution in [1.82, 2.24) is 0 Å². The number of carbonyl (C=O) groups is 1. The topological polar surface area (TPSA) is 52.3 Å². The highest BCUT2D eigenvalue weighted by atomic mass is 79.9. The summed E-state index contributed by atoms with van der Waals surface area (Å²) in [6.45, 7) is 1.85. The van der Waals surface area contributed by atoms with Gasteiger partial charge in [0.25, 0.3) is 0 Å². The summed E-state index contributed by atoms with van der Waals surface area (Å²) < 4.78 is 31.9. The molecule has 0 spiro atoms. The third kappa shape index (κ3) is 4.51. The second-order valence-corrected chi connectivity index (χ2v) is 4.31. The zero-order chi connectivity index (χ0) is 13.0. The second-order valence-electron chi connectivity index (χ2n) is 3.40. The molecular weight excluding hydrogens is 331 g/mol. The molecule has 1 rings (SSSR count). The Morgan fingerprint density at radius 1 is 1.44 bits per heavy atom. The molecule has 3 nitrogen and oxygen atoms in total. The van der Waals surface area contributed by atoms with Crippen molar-refractivity contribution >= 4 is 34.3 Å². The lowest BCUT2D eigenvalue weighted by Crippen LogP contribution is -2.19. The molecule has 0 aliphatic heterocycles. The Kier molecular flexibility index (Phi) is 7.35. The molecule has 0 fully saturated rings. The summed E-state index contributed by atoms with van der Waals surface area (Å²) in [6.07, 6.45) is -0.261. The minimum Gasteiger partial charge on any atom is -0.466 e. The van der Waals surface area contributed by atoms with E-state index in [9.17, 15) is 13.6 Å². The summed E-state index contributed by atoms with van der Waals surface area (Å²) in [7, 11) is 0. The van der Waals surface area contributed by atoms with E-state index in [1.165, 1.54) is 0 Å². The molecule has 1 aromatic carbocycles. The average Bonchev–Trinajstić information content (AvgIpc) is 2.15. The summed E-state index contributed by atoms with van der Waals surface area (Å²) in [4.78, 5) is 11.2. The number of esters is 1. The van der Waals surface area contributed by atoms with E-state index >= 15 is 0 Å². The van der Waals surface area contributed by atoms with E-state index in [2.05, 4.69) is 20.7 Å². The van der Waals surface area contributed by atoms with Gasteiger partial charge in [0.15, 0.2) is 0 Å². The average molecular weight is 345 g/mol. The Hall–Kier alpha value is -0.720. The van der Waals surface area contributed by atoms with Crippen LogP contribution in [0.1, 0.15) is 24.9 Å². The summed E-state index contributed by atoms with van der Waals surface area (Å²) in [5.74, 6) is -2.15. The lowest BCUT2D eigenvalue weighted by molar-refractivity contribution is -0.143. The van der Waals surface area contributed by atoms with Crippen molar-refractivity contribution in [2.45, 2.75) is 19.4 Å². The summed E-state index contributed by atoms with van der Waals surface area (Å²) in [6, 6.07) is 1.15. The number of rotatable bonds is 4. The predicted octanol–water partition coefficient (Wildman–Crippen LogP) is 3.10. The standard InChI is InChI=1S/C11H12BrF2NO2.ClH/c1-2-17-10(16)5-9(15)11-7(13)3-6(12)4-8(11)14;/h3-4,9H,2,5,15H2,1H3;1H/t9-;/m0./s1. The number of halogens is 4. The van der Waals surface area contributed by atoms with Crippen molar-refractivity contribution in [3.63, 3.8) is 0 Å². The van der Waals surface area contributed by atoms with Gasteiger partial charge in [-0.25, -0.2) is 8.78 Å². The molecule has 0 saturated heterocycles. The first-order chi connectivity index (χ1) is 7.95. The van der Waals surface area contributed by atoms with Gasteiger partial charge in [0.05, 0.1) is 13.0 Å². The quantitative estimate of drug-likeness (QED) is 0.854. The molecule has 7 heteroatoms. The van der Waals surface area contributed by atoms with Crippen LogP contribution in [0.15, 0.2) is 16.6 Å². The van der Waals surface area contributed by atoms with Crippen molar-refractivity contribution in [3.05, 3.63) is 33.8 Å². The van der Waals surface area contributed by atoms with Gasteiger partial charge in [0.1, 0.15) is 11.6 Å². The number of carbonyl (C=O) groups excluding carboxylic acids is 1. The normalized spacial score (nSPS) is 11.6. The van der Waals surface area contributed by atoms with E-state index in [0.717, 1.165) is 12.1 Å².